The quantitative estimate of drug-likeness (QED) is 0.353. The molecule has 0 saturated heterocycles. The number of benzene rings is 2. The van der Waals surface area contributed by atoms with E-state index >= 15 is 0 Å². The fourth-order valence-electron chi connectivity index (χ4n) is 2.99. The average Bonchev–Trinajstić information content (AvgIpc) is 2.63. The van der Waals surface area contributed by atoms with Crippen LogP contribution >= 0.6 is 11.8 Å². The third kappa shape index (κ3) is 6.97. The first-order valence-electron chi connectivity index (χ1n) is 10.0. The first-order valence-corrected chi connectivity index (χ1v) is 11.0. The minimum absolute atomic E-state index is 0.110. The summed E-state index contributed by atoms with van der Waals surface area (Å²) < 4.78 is 0. The van der Waals surface area contributed by atoms with Crippen LogP contribution in [-0.2, 0) is 15.6 Å². The van der Waals surface area contributed by atoms with E-state index in [1.165, 1.54) is 4.90 Å². The Morgan fingerprint density at radius 2 is 1.55 bits per heavy atom. The van der Waals surface area contributed by atoms with Gasteiger partial charge < -0.3 is 10.4 Å². The van der Waals surface area contributed by atoms with Crippen molar-refractivity contribution in [1.82, 2.24) is 5.32 Å². The van der Waals surface area contributed by atoms with Crippen molar-refractivity contribution in [2.45, 2.75) is 57.3 Å². The van der Waals surface area contributed by atoms with Crippen molar-refractivity contribution in [1.29, 1.82) is 0 Å². The van der Waals surface area contributed by atoms with E-state index in [1.807, 2.05) is 36.4 Å². The van der Waals surface area contributed by atoms with Gasteiger partial charge in [-0.1, -0.05) is 59.7 Å². The molecule has 2 aromatic carbocycles. The molecular weight excluding hydrogens is 378 g/mol. The van der Waals surface area contributed by atoms with Crippen molar-refractivity contribution in [2.75, 3.05) is 12.3 Å². The highest BCUT2D eigenvalue weighted by Crippen LogP contribution is 2.40. The standard InChI is InChI=1S/C25H33NO2S/c1-24(2,3)20-16-18(17-21(23(20)28)25(4,5)6)12-13-22(27)26-14-15-29-19-10-8-7-9-11-19/h7-13,16-17,28H,14-15H2,1-6H3,(H,26,27)/b13-12+. The van der Waals surface area contributed by atoms with E-state index in [2.05, 4.69) is 59.0 Å². The number of hydrogen-bond donors (Lipinski definition) is 2. The summed E-state index contributed by atoms with van der Waals surface area (Å²) in [6.45, 7) is 13.1. The summed E-state index contributed by atoms with van der Waals surface area (Å²) in [4.78, 5) is 13.4. The molecule has 1 amide bonds. The largest absolute Gasteiger partial charge is 0.507 e. The lowest BCUT2D eigenvalue weighted by Crippen LogP contribution is -2.23. The van der Waals surface area contributed by atoms with E-state index in [-0.39, 0.29) is 16.7 Å². The molecule has 0 spiro atoms. The molecule has 0 heterocycles. The Balaban J connectivity index is 2.05. The van der Waals surface area contributed by atoms with Gasteiger partial charge in [-0.15, -0.1) is 11.8 Å². The van der Waals surface area contributed by atoms with Crippen LogP contribution in [0.15, 0.2) is 53.4 Å². The van der Waals surface area contributed by atoms with Gasteiger partial charge in [-0.25, -0.2) is 0 Å². The van der Waals surface area contributed by atoms with Crippen LogP contribution in [-0.4, -0.2) is 23.3 Å². The van der Waals surface area contributed by atoms with Crippen LogP contribution in [0.1, 0.15) is 58.2 Å². The lowest BCUT2D eigenvalue weighted by Gasteiger charge is -2.27. The molecule has 0 saturated carbocycles. The molecular formula is C25H33NO2S. The van der Waals surface area contributed by atoms with Crippen LogP contribution in [0.25, 0.3) is 6.08 Å². The second-order valence-corrected chi connectivity index (χ2v) is 10.4. The summed E-state index contributed by atoms with van der Waals surface area (Å²) in [5.41, 5.74) is 2.33. The van der Waals surface area contributed by atoms with Gasteiger partial charge in [0.25, 0.3) is 0 Å². The highest BCUT2D eigenvalue weighted by atomic mass is 32.2. The molecule has 4 heteroatoms. The predicted molar refractivity (Wildman–Crippen MR) is 125 cm³/mol. The van der Waals surface area contributed by atoms with Gasteiger partial charge in [0.05, 0.1) is 0 Å². The number of phenols is 1. The molecule has 29 heavy (non-hydrogen) atoms. The minimum Gasteiger partial charge on any atom is -0.507 e. The Kier molecular flexibility index (Phi) is 7.59. The lowest BCUT2D eigenvalue weighted by atomic mass is 9.78. The number of amides is 1. The van der Waals surface area contributed by atoms with Gasteiger partial charge in [0.1, 0.15) is 5.75 Å². The normalized spacial score (nSPS) is 12.3. The zero-order valence-corrected chi connectivity index (χ0v) is 19.2. The van der Waals surface area contributed by atoms with Crippen LogP contribution < -0.4 is 5.32 Å². The zero-order valence-electron chi connectivity index (χ0n) is 18.4. The maximum Gasteiger partial charge on any atom is 0.244 e. The Bertz CT molecular complexity index is 824. The van der Waals surface area contributed by atoms with E-state index in [0.717, 1.165) is 22.4 Å². The lowest BCUT2D eigenvalue weighted by molar-refractivity contribution is -0.116. The third-order valence-corrected chi connectivity index (χ3v) is 5.60. The van der Waals surface area contributed by atoms with Crippen LogP contribution in [0, 0.1) is 0 Å². The summed E-state index contributed by atoms with van der Waals surface area (Å²) in [5.74, 6) is 1.07. The van der Waals surface area contributed by atoms with E-state index < -0.39 is 0 Å². The highest BCUT2D eigenvalue weighted by Gasteiger charge is 2.26. The fourth-order valence-corrected chi connectivity index (χ4v) is 3.78. The zero-order chi connectivity index (χ0) is 21.7. The summed E-state index contributed by atoms with van der Waals surface area (Å²) >= 11 is 1.72. The molecule has 0 unspecified atom stereocenters. The Morgan fingerprint density at radius 1 is 1.00 bits per heavy atom. The summed E-state index contributed by atoms with van der Waals surface area (Å²) in [7, 11) is 0. The van der Waals surface area contributed by atoms with Crippen molar-refractivity contribution < 1.29 is 9.90 Å². The van der Waals surface area contributed by atoms with Gasteiger partial charge in [0.15, 0.2) is 0 Å². The molecule has 0 aliphatic carbocycles. The van der Waals surface area contributed by atoms with Gasteiger partial charge in [0, 0.05) is 34.4 Å². The van der Waals surface area contributed by atoms with Gasteiger partial charge in [0.2, 0.25) is 5.91 Å². The number of phenolic OH excluding ortho intramolecular Hbond substituents is 1. The predicted octanol–water partition coefficient (Wildman–Crippen LogP) is 5.91. The average molecular weight is 412 g/mol. The molecule has 0 fully saturated rings. The third-order valence-electron chi connectivity index (χ3n) is 4.59. The summed E-state index contributed by atoms with van der Waals surface area (Å²) in [6, 6.07) is 14.1. The van der Waals surface area contributed by atoms with E-state index in [0.29, 0.717) is 12.3 Å². The molecule has 0 aromatic heterocycles. The Hall–Kier alpha value is -2.20. The molecule has 2 N–H and O–H groups in total. The number of thioether (sulfide) groups is 1. The fraction of sp³-hybridized carbons (Fsp3) is 0.400. The van der Waals surface area contributed by atoms with E-state index in [9.17, 15) is 9.90 Å². The number of hydrogen-bond acceptors (Lipinski definition) is 3. The second kappa shape index (κ2) is 9.53. The molecule has 0 radical (unpaired) electrons. The van der Waals surface area contributed by atoms with Gasteiger partial charge in [-0.3, -0.25) is 4.79 Å². The first kappa shape index (κ1) is 23.1. The number of aromatic hydroxyl groups is 1. The molecule has 0 bridgehead atoms. The summed E-state index contributed by atoms with van der Waals surface area (Å²) in [6.07, 6.45) is 3.39. The van der Waals surface area contributed by atoms with Crippen molar-refractivity contribution in [3.63, 3.8) is 0 Å². The Labute approximate surface area is 179 Å². The number of carbonyl (C=O) groups excluding carboxylic acids is 1. The van der Waals surface area contributed by atoms with Crippen molar-refractivity contribution in [3.05, 3.63) is 65.2 Å². The molecule has 2 rings (SSSR count). The molecule has 3 nitrogen and oxygen atoms in total. The van der Waals surface area contributed by atoms with Crippen molar-refractivity contribution in [2.24, 2.45) is 0 Å². The van der Waals surface area contributed by atoms with Gasteiger partial charge in [-0.2, -0.15) is 0 Å². The number of rotatable bonds is 6. The molecule has 0 aliphatic rings. The van der Waals surface area contributed by atoms with Crippen LogP contribution in [0.3, 0.4) is 0 Å². The monoisotopic (exact) mass is 411 g/mol. The maximum atomic E-state index is 12.2. The number of nitrogens with one attached hydrogen (secondary N) is 1. The Morgan fingerprint density at radius 3 is 2.07 bits per heavy atom. The van der Waals surface area contributed by atoms with E-state index in [1.54, 1.807) is 17.8 Å². The van der Waals surface area contributed by atoms with Crippen molar-refractivity contribution >= 4 is 23.7 Å². The summed E-state index contributed by atoms with van der Waals surface area (Å²) in [5, 5.41) is 13.7. The smallest absolute Gasteiger partial charge is 0.244 e. The number of carbonyl (C=O) groups is 1. The van der Waals surface area contributed by atoms with E-state index in [4.69, 9.17) is 0 Å². The van der Waals surface area contributed by atoms with Crippen LogP contribution in [0.5, 0.6) is 5.75 Å². The molecule has 156 valence electrons. The second-order valence-electron chi connectivity index (χ2n) is 9.25. The maximum absolute atomic E-state index is 12.2. The highest BCUT2D eigenvalue weighted by molar-refractivity contribution is 7.99. The van der Waals surface area contributed by atoms with Crippen molar-refractivity contribution in [3.8, 4) is 5.75 Å². The molecule has 0 aliphatic heterocycles. The molecule has 0 atom stereocenters. The minimum atomic E-state index is -0.190. The topological polar surface area (TPSA) is 49.3 Å². The van der Waals surface area contributed by atoms with Crippen LogP contribution in [0.4, 0.5) is 0 Å². The van der Waals surface area contributed by atoms with Crippen LogP contribution in [0.2, 0.25) is 0 Å². The first-order chi connectivity index (χ1) is 13.5. The molecule has 2 aromatic rings. The van der Waals surface area contributed by atoms with Gasteiger partial charge >= 0.3 is 0 Å². The van der Waals surface area contributed by atoms with Gasteiger partial charge in [-0.05, 0) is 46.7 Å². The SMILES string of the molecule is CC(C)(C)c1cc(/C=C/C(=O)NCCSc2ccccc2)cc(C(C)(C)C)c1O.